The van der Waals surface area contributed by atoms with E-state index in [9.17, 15) is 9.59 Å². The summed E-state index contributed by atoms with van der Waals surface area (Å²) in [4.78, 5) is 23.5. The normalized spacial score (nSPS) is 12.1. The van der Waals surface area contributed by atoms with Crippen LogP contribution in [0.1, 0.15) is 23.4 Å². The number of carboxylic acids is 1. The number of rotatable bonds is 6. The fourth-order valence-corrected chi connectivity index (χ4v) is 3.13. The fraction of sp³-hybridized carbons (Fsp3) is 0.333. The highest BCUT2D eigenvalue weighted by molar-refractivity contribution is 9.11. The number of aliphatic carboxylic acids is 1. The quantitative estimate of drug-likeness (QED) is 0.802. The van der Waals surface area contributed by atoms with Crippen LogP contribution in [0.3, 0.4) is 0 Å². The Kier molecular flexibility index (Phi) is 5.07. The van der Waals surface area contributed by atoms with E-state index in [1.54, 1.807) is 0 Å². The summed E-state index contributed by atoms with van der Waals surface area (Å²) in [5.41, 5.74) is 0.518. The molecule has 1 atom stereocenters. The molecule has 0 radical (unpaired) electrons. The average Bonchev–Trinajstić information content (AvgIpc) is 3.03. The molecule has 0 saturated heterocycles. The second kappa shape index (κ2) is 6.81. The van der Waals surface area contributed by atoms with Gasteiger partial charge in [-0.2, -0.15) is 0 Å². The summed E-state index contributed by atoms with van der Waals surface area (Å²) < 4.78 is 2.19. The van der Waals surface area contributed by atoms with E-state index in [1.165, 1.54) is 22.2 Å². The van der Waals surface area contributed by atoms with Crippen molar-refractivity contribution in [1.82, 2.24) is 20.3 Å². The third-order valence-corrected chi connectivity index (χ3v) is 4.55. The maximum absolute atomic E-state index is 12.0. The standard InChI is InChI=1S/C12H13BrN4O3S/c1-7(9-2-3-10(13)21-9)12(20)14-4-8-5-17(16-15-8)6-11(18)19/h2-3,5,7H,4,6H2,1H3,(H,14,20)(H,18,19). The van der Waals surface area contributed by atoms with E-state index in [2.05, 4.69) is 31.6 Å². The Morgan fingerprint density at radius 1 is 1.52 bits per heavy atom. The molecule has 2 heterocycles. The SMILES string of the molecule is CC(C(=O)NCc1cn(CC(=O)O)nn1)c1ccc(Br)s1. The molecule has 21 heavy (non-hydrogen) atoms. The van der Waals surface area contributed by atoms with Gasteiger partial charge in [0, 0.05) is 4.88 Å². The van der Waals surface area contributed by atoms with E-state index in [4.69, 9.17) is 5.11 Å². The minimum Gasteiger partial charge on any atom is -0.480 e. The van der Waals surface area contributed by atoms with Gasteiger partial charge >= 0.3 is 5.97 Å². The molecule has 1 amide bonds. The number of carbonyl (C=O) groups excluding carboxylic acids is 1. The number of carbonyl (C=O) groups is 2. The number of thiophene rings is 1. The van der Waals surface area contributed by atoms with E-state index < -0.39 is 5.97 Å². The van der Waals surface area contributed by atoms with E-state index in [0.29, 0.717) is 5.69 Å². The van der Waals surface area contributed by atoms with Crippen molar-refractivity contribution in [3.8, 4) is 0 Å². The maximum atomic E-state index is 12.0. The van der Waals surface area contributed by atoms with E-state index in [-0.39, 0.29) is 24.9 Å². The minimum atomic E-state index is -0.993. The van der Waals surface area contributed by atoms with Crippen molar-refractivity contribution in [2.45, 2.75) is 25.9 Å². The number of hydrogen-bond acceptors (Lipinski definition) is 5. The summed E-state index contributed by atoms with van der Waals surface area (Å²) in [7, 11) is 0. The molecule has 9 heteroatoms. The molecule has 0 aliphatic heterocycles. The van der Waals surface area contributed by atoms with Gasteiger partial charge in [-0.3, -0.25) is 9.59 Å². The van der Waals surface area contributed by atoms with Crippen molar-refractivity contribution in [3.05, 3.63) is 32.7 Å². The first kappa shape index (κ1) is 15.6. The Morgan fingerprint density at radius 3 is 2.90 bits per heavy atom. The lowest BCUT2D eigenvalue weighted by Gasteiger charge is -2.09. The van der Waals surface area contributed by atoms with Crippen LogP contribution in [0.25, 0.3) is 0 Å². The molecule has 1 unspecified atom stereocenters. The van der Waals surface area contributed by atoms with Crippen LogP contribution >= 0.6 is 27.3 Å². The van der Waals surface area contributed by atoms with Crippen LogP contribution in [0.15, 0.2) is 22.1 Å². The predicted octanol–water partition coefficient (Wildman–Crippen LogP) is 1.61. The van der Waals surface area contributed by atoms with Crippen molar-refractivity contribution in [3.63, 3.8) is 0 Å². The molecule has 0 saturated carbocycles. The lowest BCUT2D eigenvalue weighted by atomic mass is 10.1. The molecule has 0 aliphatic carbocycles. The first-order valence-corrected chi connectivity index (χ1v) is 7.70. The highest BCUT2D eigenvalue weighted by atomic mass is 79.9. The molecule has 2 rings (SSSR count). The van der Waals surface area contributed by atoms with Crippen LogP contribution in [-0.4, -0.2) is 32.0 Å². The molecule has 2 aromatic heterocycles. The van der Waals surface area contributed by atoms with Gasteiger partial charge in [0.2, 0.25) is 5.91 Å². The molecule has 2 aromatic rings. The van der Waals surface area contributed by atoms with Crippen LogP contribution in [-0.2, 0) is 22.7 Å². The Hall–Kier alpha value is -1.74. The Morgan fingerprint density at radius 2 is 2.29 bits per heavy atom. The third-order valence-electron chi connectivity index (χ3n) is 2.74. The van der Waals surface area contributed by atoms with E-state index in [1.807, 2.05) is 19.1 Å². The van der Waals surface area contributed by atoms with Crippen molar-refractivity contribution >= 4 is 39.1 Å². The summed E-state index contributed by atoms with van der Waals surface area (Å²) >= 11 is 4.88. The van der Waals surface area contributed by atoms with Crippen molar-refractivity contribution in [1.29, 1.82) is 0 Å². The number of halogens is 1. The number of carboxylic acid groups (broad SMARTS) is 1. The molecule has 7 nitrogen and oxygen atoms in total. The molecule has 2 N–H and O–H groups in total. The zero-order valence-electron chi connectivity index (χ0n) is 11.1. The Balaban J connectivity index is 1.88. The first-order valence-electron chi connectivity index (χ1n) is 6.09. The van der Waals surface area contributed by atoms with Crippen LogP contribution in [0, 0.1) is 0 Å². The van der Waals surface area contributed by atoms with E-state index in [0.717, 1.165) is 8.66 Å². The topological polar surface area (TPSA) is 97.1 Å². The number of nitrogens with zero attached hydrogens (tertiary/aromatic N) is 3. The molecule has 0 aromatic carbocycles. The second-order valence-electron chi connectivity index (χ2n) is 4.38. The highest BCUT2D eigenvalue weighted by Gasteiger charge is 2.17. The van der Waals surface area contributed by atoms with Gasteiger partial charge < -0.3 is 10.4 Å². The van der Waals surface area contributed by atoms with Crippen molar-refractivity contribution in [2.24, 2.45) is 0 Å². The largest absolute Gasteiger partial charge is 0.480 e. The van der Waals surface area contributed by atoms with Gasteiger partial charge in [-0.05, 0) is 35.0 Å². The number of amides is 1. The van der Waals surface area contributed by atoms with Gasteiger partial charge in [0.1, 0.15) is 12.2 Å². The third kappa shape index (κ3) is 4.36. The molecular formula is C12H13BrN4O3S. The van der Waals surface area contributed by atoms with E-state index >= 15 is 0 Å². The van der Waals surface area contributed by atoms with Crippen LogP contribution in [0.2, 0.25) is 0 Å². The van der Waals surface area contributed by atoms with Crippen LogP contribution in [0.4, 0.5) is 0 Å². The van der Waals surface area contributed by atoms with Gasteiger partial charge in [0.15, 0.2) is 0 Å². The van der Waals surface area contributed by atoms with Gasteiger partial charge in [-0.15, -0.1) is 16.4 Å². The zero-order chi connectivity index (χ0) is 15.4. The molecular weight excluding hydrogens is 360 g/mol. The number of nitrogens with one attached hydrogen (secondary N) is 1. The molecule has 0 bridgehead atoms. The molecule has 0 fully saturated rings. The maximum Gasteiger partial charge on any atom is 0.325 e. The summed E-state index contributed by atoms with van der Waals surface area (Å²) in [6.07, 6.45) is 1.50. The summed E-state index contributed by atoms with van der Waals surface area (Å²) in [6, 6.07) is 3.81. The average molecular weight is 373 g/mol. The highest BCUT2D eigenvalue weighted by Crippen LogP contribution is 2.28. The van der Waals surface area contributed by atoms with Crippen molar-refractivity contribution < 1.29 is 14.7 Å². The zero-order valence-corrected chi connectivity index (χ0v) is 13.5. The Labute approximate surface area is 133 Å². The monoisotopic (exact) mass is 372 g/mol. The van der Waals surface area contributed by atoms with Gasteiger partial charge in [-0.25, -0.2) is 4.68 Å². The first-order chi connectivity index (χ1) is 9.95. The smallest absolute Gasteiger partial charge is 0.325 e. The minimum absolute atomic E-state index is 0.114. The van der Waals surface area contributed by atoms with Crippen LogP contribution < -0.4 is 5.32 Å². The van der Waals surface area contributed by atoms with Gasteiger partial charge in [0.05, 0.1) is 22.4 Å². The number of aromatic nitrogens is 3. The van der Waals surface area contributed by atoms with Crippen molar-refractivity contribution in [2.75, 3.05) is 0 Å². The lowest BCUT2D eigenvalue weighted by molar-refractivity contribution is -0.138. The predicted molar refractivity (Wildman–Crippen MR) is 79.9 cm³/mol. The van der Waals surface area contributed by atoms with Gasteiger partial charge in [0.25, 0.3) is 0 Å². The second-order valence-corrected chi connectivity index (χ2v) is 6.88. The molecule has 112 valence electrons. The molecule has 0 aliphatic rings. The summed E-state index contributed by atoms with van der Waals surface area (Å²) in [6.45, 7) is 1.80. The number of hydrogen-bond donors (Lipinski definition) is 2. The van der Waals surface area contributed by atoms with Crippen LogP contribution in [0.5, 0.6) is 0 Å². The fourth-order valence-electron chi connectivity index (χ4n) is 1.66. The summed E-state index contributed by atoms with van der Waals surface area (Å²) in [5, 5.41) is 18.9. The molecule has 0 spiro atoms. The summed E-state index contributed by atoms with van der Waals surface area (Å²) in [5.74, 6) is -1.36. The lowest BCUT2D eigenvalue weighted by Crippen LogP contribution is -2.27. The van der Waals surface area contributed by atoms with Gasteiger partial charge in [-0.1, -0.05) is 5.21 Å². The Bertz CT molecular complexity index is 654.